The fraction of sp³-hybridized carbons (Fsp3) is 0.600. The highest BCUT2D eigenvalue weighted by Crippen LogP contribution is 2.27. The van der Waals surface area contributed by atoms with Gasteiger partial charge < -0.3 is 5.32 Å². The number of aromatic nitrogens is 4. The zero-order valence-corrected chi connectivity index (χ0v) is 14.2. The molecule has 2 heterocycles. The Balaban J connectivity index is 2.36. The monoisotopic (exact) mass is 343 g/mol. The van der Waals surface area contributed by atoms with Crippen LogP contribution in [0.25, 0.3) is 5.78 Å². The van der Waals surface area contributed by atoms with Gasteiger partial charge in [-0.25, -0.2) is 9.50 Å². The van der Waals surface area contributed by atoms with Crippen molar-refractivity contribution in [3.8, 4) is 0 Å². The summed E-state index contributed by atoms with van der Waals surface area (Å²) in [6.45, 7) is 9.12. The SMILES string of the molecule is Cc1nc2nc(C(F)(F)F)nn2c(C)c1CC(=O)N[C@@H](C)C(C)C. The number of alkyl halides is 3. The van der Waals surface area contributed by atoms with Gasteiger partial charge in [-0.05, 0) is 26.7 Å². The number of nitrogens with zero attached hydrogens (tertiary/aromatic N) is 4. The van der Waals surface area contributed by atoms with Gasteiger partial charge in [0.1, 0.15) is 0 Å². The van der Waals surface area contributed by atoms with Crippen LogP contribution in [-0.4, -0.2) is 31.5 Å². The Morgan fingerprint density at radius 2 is 1.83 bits per heavy atom. The molecule has 2 aromatic rings. The number of hydrogen-bond donors (Lipinski definition) is 1. The van der Waals surface area contributed by atoms with Gasteiger partial charge in [0.05, 0.1) is 6.42 Å². The van der Waals surface area contributed by atoms with Crippen LogP contribution in [0.2, 0.25) is 0 Å². The smallest absolute Gasteiger partial charge is 0.353 e. The highest BCUT2D eigenvalue weighted by molar-refractivity contribution is 5.79. The fourth-order valence-electron chi connectivity index (χ4n) is 2.22. The van der Waals surface area contributed by atoms with Crippen LogP contribution in [0.5, 0.6) is 0 Å². The second-order valence-corrected chi connectivity index (χ2v) is 6.18. The van der Waals surface area contributed by atoms with Crippen LogP contribution in [0.15, 0.2) is 0 Å². The van der Waals surface area contributed by atoms with Crippen molar-refractivity contribution in [1.29, 1.82) is 0 Å². The average Bonchev–Trinajstić information content (AvgIpc) is 2.87. The third-order valence-corrected chi connectivity index (χ3v) is 4.03. The summed E-state index contributed by atoms with van der Waals surface area (Å²) < 4.78 is 39.3. The van der Waals surface area contributed by atoms with Crippen molar-refractivity contribution < 1.29 is 18.0 Å². The number of hydrogen-bond acceptors (Lipinski definition) is 4. The maximum atomic E-state index is 12.8. The van der Waals surface area contributed by atoms with E-state index in [0.717, 1.165) is 4.52 Å². The number of nitrogens with one attached hydrogen (secondary N) is 1. The number of halogens is 3. The first-order valence-corrected chi connectivity index (χ1v) is 7.60. The van der Waals surface area contributed by atoms with Crippen molar-refractivity contribution in [2.75, 3.05) is 0 Å². The van der Waals surface area contributed by atoms with Gasteiger partial charge in [0.25, 0.3) is 11.6 Å². The molecule has 0 spiro atoms. The summed E-state index contributed by atoms with van der Waals surface area (Å²) in [5.74, 6) is -1.30. The van der Waals surface area contributed by atoms with Crippen molar-refractivity contribution in [1.82, 2.24) is 24.9 Å². The van der Waals surface area contributed by atoms with E-state index in [1.165, 1.54) is 0 Å². The zero-order valence-electron chi connectivity index (χ0n) is 14.2. The van der Waals surface area contributed by atoms with Crippen LogP contribution < -0.4 is 5.32 Å². The van der Waals surface area contributed by atoms with Gasteiger partial charge in [0.2, 0.25) is 5.91 Å². The molecule has 24 heavy (non-hydrogen) atoms. The van der Waals surface area contributed by atoms with E-state index < -0.39 is 12.0 Å². The van der Waals surface area contributed by atoms with Crippen LogP contribution >= 0.6 is 0 Å². The lowest BCUT2D eigenvalue weighted by Gasteiger charge is -2.18. The molecule has 0 fully saturated rings. The minimum atomic E-state index is -4.64. The number of carbonyl (C=O) groups is 1. The second kappa shape index (κ2) is 6.37. The molecule has 9 heteroatoms. The third-order valence-electron chi connectivity index (χ3n) is 4.03. The largest absolute Gasteiger partial charge is 0.453 e. The predicted octanol–water partition coefficient (Wildman–Crippen LogP) is 2.46. The van der Waals surface area contributed by atoms with Gasteiger partial charge in [0.15, 0.2) is 0 Å². The molecule has 0 aliphatic carbocycles. The molecule has 2 aromatic heterocycles. The average molecular weight is 343 g/mol. The molecule has 0 radical (unpaired) electrons. The molecule has 0 unspecified atom stereocenters. The van der Waals surface area contributed by atoms with Crippen molar-refractivity contribution in [3.05, 3.63) is 22.8 Å². The lowest BCUT2D eigenvalue weighted by atomic mass is 10.0. The van der Waals surface area contributed by atoms with E-state index in [9.17, 15) is 18.0 Å². The zero-order chi connectivity index (χ0) is 18.2. The molecule has 0 aliphatic heterocycles. The lowest BCUT2D eigenvalue weighted by molar-refractivity contribution is -0.144. The minimum Gasteiger partial charge on any atom is -0.353 e. The molecule has 0 bridgehead atoms. The number of fused-ring (bicyclic) bond motifs is 1. The van der Waals surface area contributed by atoms with Crippen molar-refractivity contribution in [3.63, 3.8) is 0 Å². The highest BCUT2D eigenvalue weighted by atomic mass is 19.4. The quantitative estimate of drug-likeness (QED) is 0.926. The summed E-state index contributed by atoms with van der Waals surface area (Å²) >= 11 is 0. The molecule has 0 saturated carbocycles. The minimum absolute atomic E-state index is 0.00185. The Kier molecular flexibility index (Phi) is 4.82. The van der Waals surface area contributed by atoms with E-state index in [0.29, 0.717) is 17.0 Å². The van der Waals surface area contributed by atoms with Crippen LogP contribution in [0.4, 0.5) is 13.2 Å². The molecular formula is C15H20F3N5O. The van der Waals surface area contributed by atoms with Gasteiger partial charge in [0, 0.05) is 23.0 Å². The van der Waals surface area contributed by atoms with E-state index >= 15 is 0 Å². The van der Waals surface area contributed by atoms with Gasteiger partial charge in [-0.15, -0.1) is 5.10 Å². The van der Waals surface area contributed by atoms with E-state index in [4.69, 9.17) is 0 Å². The number of amides is 1. The Morgan fingerprint density at radius 1 is 1.21 bits per heavy atom. The molecule has 1 atom stereocenters. The molecule has 0 saturated heterocycles. The maximum Gasteiger partial charge on any atom is 0.453 e. The standard InChI is InChI=1S/C15H20F3N5O/c1-7(2)8(3)19-12(24)6-11-9(4)20-14-21-13(15(16,17)18)22-23(14)10(11)5/h7-8H,6H2,1-5H3,(H,19,24)/t8-/m0/s1. The first-order valence-electron chi connectivity index (χ1n) is 7.60. The summed E-state index contributed by atoms with van der Waals surface area (Å²) in [5.41, 5.74) is 1.44. The number of carbonyl (C=O) groups excluding carboxylic acids is 1. The van der Waals surface area contributed by atoms with Crippen LogP contribution in [0.1, 0.15) is 43.5 Å². The molecule has 132 valence electrons. The highest BCUT2D eigenvalue weighted by Gasteiger charge is 2.37. The van der Waals surface area contributed by atoms with E-state index in [1.807, 2.05) is 20.8 Å². The fourth-order valence-corrected chi connectivity index (χ4v) is 2.22. The Bertz CT molecular complexity index is 767. The molecule has 6 nitrogen and oxygen atoms in total. The third kappa shape index (κ3) is 3.65. The maximum absolute atomic E-state index is 12.8. The van der Waals surface area contributed by atoms with Crippen LogP contribution in [0.3, 0.4) is 0 Å². The first kappa shape index (κ1) is 18.2. The van der Waals surface area contributed by atoms with Crippen molar-refractivity contribution >= 4 is 11.7 Å². The van der Waals surface area contributed by atoms with Crippen molar-refractivity contribution in [2.45, 2.75) is 53.3 Å². The van der Waals surface area contributed by atoms with E-state index in [1.54, 1.807) is 13.8 Å². The summed E-state index contributed by atoms with van der Waals surface area (Å²) in [6.07, 6.45) is -4.61. The summed E-state index contributed by atoms with van der Waals surface area (Å²) in [5, 5.41) is 6.34. The number of rotatable bonds is 4. The normalized spacial score (nSPS) is 13.5. The van der Waals surface area contributed by atoms with Gasteiger partial charge in [-0.3, -0.25) is 4.79 Å². The van der Waals surface area contributed by atoms with E-state index in [-0.39, 0.29) is 30.1 Å². The molecular weight excluding hydrogens is 323 g/mol. The van der Waals surface area contributed by atoms with Crippen LogP contribution in [-0.2, 0) is 17.4 Å². The van der Waals surface area contributed by atoms with E-state index in [2.05, 4.69) is 20.4 Å². The Labute approximate surface area is 137 Å². The second-order valence-electron chi connectivity index (χ2n) is 6.18. The van der Waals surface area contributed by atoms with Crippen LogP contribution in [0, 0.1) is 19.8 Å². The van der Waals surface area contributed by atoms with Crippen molar-refractivity contribution in [2.24, 2.45) is 5.92 Å². The topological polar surface area (TPSA) is 72.2 Å². The van der Waals surface area contributed by atoms with Gasteiger partial charge in [-0.1, -0.05) is 13.8 Å². The Hall–Kier alpha value is -2.19. The van der Waals surface area contributed by atoms with Gasteiger partial charge >= 0.3 is 6.18 Å². The summed E-state index contributed by atoms with van der Waals surface area (Å²) in [4.78, 5) is 19.6. The number of aryl methyl sites for hydroxylation is 2. The summed E-state index contributed by atoms with van der Waals surface area (Å²) in [6, 6.07) is -0.00185. The molecule has 2 rings (SSSR count). The summed E-state index contributed by atoms with van der Waals surface area (Å²) in [7, 11) is 0. The predicted molar refractivity (Wildman–Crippen MR) is 81.4 cm³/mol. The molecule has 1 amide bonds. The van der Waals surface area contributed by atoms with Gasteiger partial charge in [-0.2, -0.15) is 18.2 Å². The lowest BCUT2D eigenvalue weighted by Crippen LogP contribution is -2.37. The first-order chi connectivity index (χ1) is 11.0. The molecule has 1 N–H and O–H groups in total. The molecule has 0 aliphatic rings. The molecule has 0 aromatic carbocycles. The Morgan fingerprint density at radius 3 is 2.38 bits per heavy atom.